The van der Waals surface area contributed by atoms with Crippen molar-refractivity contribution in [2.45, 2.75) is 98.4 Å². The minimum atomic E-state index is -2.95. The van der Waals surface area contributed by atoms with Crippen LogP contribution in [0.5, 0.6) is 5.75 Å². The molecule has 0 spiro atoms. The topological polar surface area (TPSA) is 105 Å². The molecule has 0 aromatic heterocycles. The monoisotopic (exact) mass is 546 g/mol. The maximum Gasteiger partial charge on any atom is 0.387 e. The number of carbonyl (C=O) groups is 1. The van der Waals surface area contributed by atoms with E-state index in [4.69, 9.17) is 15.1 Å². The number of hydrogen-bond acceptors (Lipinski definition) is 6. The molecule has 0 amide bonds. The van der Waals surface area contributed by atoms with E-state index in [9.17, 15) is 18.7 Å². The average Bonchev–Trinajstić information content (AvgIpc) is 3.06. The number of aryl methyl sites for hydroxylation is 1. The van der Waals surface area contributed by atoms with Gasteiger partial charge in [-0.25, -0.2) is 4.89 Å². The summed E-state index contributed by atoms with van der Waals surface area (Å²) in [5.74, 6) is 1.84. The second-order valence-electron chi connectivity index (χ2n) is 10.7. The van der Waals surface area contributed by atoms with Gasteiger partial charge in [-0.3, -0.25) is 10.1 Å². The molecule has 9 heteroatoms. The number of aliphatic carboxylic acids is 1. The van der Waals surface area contributed by atoms with E-state index >= 15 is 0 Å². The van der Waals surface area contributed by atoms with Crippen molar-refractivity contribution in [1.82, 2.24) is 0 Å². The number of rotatable bonds is 8. The van der Waals surface area contributed by atoms with Crippen molar-refractivity contribution in [3.63, 3.8) is 0 Å². The van der Waals surface area contributed by atoms with Crippen molar-refractivity contribution in [3.05, 3.63) is 29.3 Å². The van der Waals surface area contributed by atoms with Crippen LogP contribution in [-0.4, -0.2) is 54.0 Å². The summed E-state index contributed by atoms with van der Waals surface area (Å²) in [6, 6.07) is 4.52. The van der Waals surface area contributed by atoms with Gasteiger partial charge in [-0.15, -0.1) is 0 Å². The van der Waals surface area contributed by atoms with Gasteiger partial charge in [-0.05, 0) is 74.3 Å². The van der Waals surface area contributed by atoms with Crippen molar-refractivity contribution < 1.29 is 43.4 Å². The number of carboxylic acid groups (broad SMARTS) is 1. The molecule has 220 valence electrons. The zero-order valence-electron chi connectivity index (χ0n) is 23.7. The van der Waals surface area contributed by atoms with E-state index in [1.54, 1.807) is 13.0 Å². The number of fused-ring (bicyclic) bond motifs is 1. The molecule has 3 rings (SSSR count). The largest absolute Gasteiger partial charge is 0.481 e. The zero-order chi connectivity index (χ0) is 28.8. The van der Waals surface area contributed by atoms with Crippen LogP contribution < -0.4 is 4.74 Å². The third kappa shape index (κ3) is 11.5. The Hall–Kier alpha value is -1.81. The van der Waals surface area contributed by atoms with Gasteiger partial charge < -0.3 is 19.7 Å². The number of alkyl halides is 2. The maximum absolute atomic E-state index is 12.0. The third-order valence-electron chi connectivity index (χ3n) is 8.01. The zero-order valence-corrected chi connectivity index (χ0v) is 23.7. The number of hydrogen-bond donors (Lipinski definition) is 3. The van der Waals surface area contributed by atoms with Crippen LogP contribution in [-0.2, 0) is 20.8 Å². The SMILES string of the molecule is CCC(C)C(O)[C@H](C)[C@@H]1CCC[C@@H]2CCC(C)OCC21.COO.Cc1ccc(CC(=O)O)c(OC(F)F)c1. The molecule has 0 radical (unpaired) electrons. The van der Waals surface area contributed by atoms with Gasteiger partial charge in [0.25, 0.3) is 0 Å². The van der Waals surface area contributed by atoms with Crippen LogP contribution >= 0.6 is 0 Å². The molecule has 0 bridgehead atoms. The predicted octanol–water partition coefficient (Wildman–Crippen LogP) is 6.59. The molecule has 1 heterocycles. The smallest absolute Gasteiger partial charge is 0.387 e. The van der Waals surface area contributed by atoms with Gasteiger partial charge in [0.05, 0.1) is 32.3 Å². The number of aliphatic hydroxyl groups excluding tert-OH is 1. The molecular formula is C29H48F2O7. The highest BCUT2D eigenvalue weighted by Gasteiger charge is 2.40. The Morgan fingerprint density at radius 3 is 2.42 bits per heavy atom. The Bertz CT molecular complexity index is 807. The minimum absolute atomic E-state index is 0.0765. The number of aliphatic hydroxyl groups is 1. The molecular weight excluding hydrogens is 498 g/mol. The molecule has 1 aliphatic heterocycles. The Labute approximate surface area is 226 Å². The van der Waals surface area contributed by atoms with E-state index in [1.165, 1.54) is 51.3 Å². The standard InChI is InChI=1S/C18H34O2.C10H10F2O3.CH4O2/c1-5-12(2)18(19)14(4)16-8-6-7-15-10-9-13(3)20-11-17(15)16;1-6-2-3-7(5-9(13)14)8(4-6)15-10(11)12;1-3-2/h12-19H,5-11H2,1-4H3;2-4,10H,5H2,1H3,(H,13,14);2H,1H3/t12?,13?,14-,15-,16+,17?,18?;;/m1../s1. The molecule has 4 unspecified atom stereocenters. The summed E-state index contributed by atoms with van der Waals surface area (Å²) >= 11 is 0. The second-order valence-corrected chi connectivity index (χ2v) is 10.7. The Morgan fingerprint density at radius 1 is 1.18 bits per heavy atom. The van der Waals surface area contributed by atoms with E-state index in [-0.39, 0.29) is 23.8 Å². The molecule has 2 fully saturated rings. The predicted molar refractivity (Wildman–Crippen MR) is 142 cm³/mol. The number of benzene rings is 1. The van der Waals surface area contributed by atoms with E-state index in [0.717, 1.165) is 24.5 Å². The molecule has 1 aliphatic carbocycles. The van der Waals surface area contributed by atoms with Crippen molar-refractivity contribution in [2.75, 3.05) is 13.7 Å². The fourth-order valence-corrected chi connectivity index (χ4v) is 5.66. The van der Waals surface area contributed by atoms with Crippen LogP contribution in [0.4, 0.5) is 8.78 Å². The highest BCUT2D eigenvalue weighted by molar-refractivity contribution is 5.71. The van der Waals surface area contributed by atoms with Crippen LogP contribution in [0, 0.1) is 36.5 Å². The van der Waals surface area contributed by atoms with Crippen molar-refractivity contribution >= 4 is 5.97 Å². The third-order valence-corrected chi connectivity index (χ3v) is 8.01. The molecule has 7 nitrogen and oxygen atoms in total. The summed E-state index contributed by atoms with van der Waals surface area (Å²) in [5.41, 5.74) is 0.980. The van der Waals surface area contributed by atoms with Gasteiger partial charge >= 0.3 is 12.6 Å². The van der Waals surface area contributed by atoms with E-state index in [2.05, 4.69) is 37.3 Å². The van der Waals surface area contributed by atoms with Crippen molar-refractivity contribution in [2.24, 2.45) is 29.6 Å². The van der Waals surface area contributed by atoms with Crippen LogP contribution in [0.1, 0.15) is 77.3 Å². The maximum atomic E-state index is 12.0. The van der Waals surface area contributed by atoms with Gasteiger partial charge in [0, 0.05) is 5.56 Å². The summed E-state index contributed by atoms with van der Waals surface area (Å²) in [5, 5.41) is 26.2. The highest BCUT2D eigenvalue weighted by atomic mass is 19.3. The molecule has 7 atom stereocenters. The fourth-order valence-electron chi connectivity index (χ4n) is 5.66. The normalized spacial score (nSPS) is 25.3. The summed E-state index contributed by atoms with van der Waals surface area (Å²) in [6.45, 7) is 8.55. The lowest BCUT2D eigenvalue weighted by Gasteiger charge is -2.42. The Morgan fingerprint density at radius 2 is 1.84 bits per heavy atom. The molecule has 3 N–H and O–H groups in total. The molecule has 1 aromatic rings. The highest BCUT2D eigenvalue weighted by Crippen LogP contribution is 2.44. The fraction of sp³-hybridized carbons (Fsp3) is 0.759. The van der Waals surface area contributed by atoms with Crippen LogP contribution in [0.25, 0.3) is 0 Å². The van der Waals surface area contributed by atoms with Gasteiger partial charge in [-0.1, -0.05) is 52.2 Å². The summed E-state index contributed by atoms with van der Waals surface area (Å²) < 4.78 is 34.3. The lowest BCUT2D eigenvalue weighted by atomic mass is 9.65. The van der Waals surface area contributed by atoms with Gasteiger partial charge in [0.2, 0.25) is 0 Å². The summed E-state index contributed by atoms with van der Waals surface area (Å²) in [7, 11) is 1.18. The van der Waals surface area contributed by atoms with Crippen molar-refractivity contribution in [3.8, 4) is 5.75 Å². The lowest BCUT2D eigenvalue weighted by molar-refractivity contribution is -0.214. The van der Waals surface area contributed by atoms with Crippen LogP contribution in [0.2, 0.25) is 0 Å². The molecule has 1 aromatic carbocycles. The molecule has 2 aliphatic rings. The second kappa shape index (κ2) is 17.7. The Kier molecular flexibility index (Phi) is 16.0. The first-order valence-electron chi connectivity index (χ1n) is 13.7. The van der Waals surface area contributed by atoms with E-state index < -0.39 is 12.6 Å². The summed E-state index contributed by atoms with van der Waals surface area (Å²) in [6.07, 6.45) is 7.57. The molecule has 1 saturated carbocycles. The first-order valence-corrected chi connectivity index (χ1v) is 13.7. The van der Waals surface area contributed by atoms with Crippen LogP contribution in [0.15, 0.2) is 18.2 Å². The number of carboxylic acids is 1. The van der Waals surface area contributed by atoms with Crippen LogP contribution in [0.3, 0.4) is 0 Å². The van der Waals surface area contributed by atoms with E-state index in [1.807, 2.05) is 0 Å². The summed E-state index contributed by atoms with van der Waals surface area (Å²) in [4.78, 5) is 13.7. The Balaban J connectivity index is 0.000000356. The van der Waals surface area contributed by atoms with E-state index in [0.29, 0.717) is 29.8 Å². The first kappa shape index (κ1) is 34.2. The van der Waals surface area contributed by atoms with Crippen molar-refractivity contribution in [1.29, 1.82) is 0 Å². The molecule has 38 heavy (non-hydrogen) atoms. The number of ether oxygens (including phenoxy) is 2. The number of halogens is 2. The average molecular weight is 547 g/mol. The minimum Gasteiger partial charge on any atom is -0.481 e. The van der Waals surface area contributed by atoms with Gasteiger partial charge in [-0.2, -0.15) is 8.78 Å². The molecule has 1 saturated heterocycles. The lowest BCUT2D eigenvalue weighted by Crippen LogP contribution is -2.40. The quantitative estimate of drug-likeness (QED) is 0.249. The van der Waals surface area contributed by atoms with Gasteiger partial charge in [0.15, 0.2) is 0 Å². The van der Waals surface area contributed by atoms with Gasteiger partial charge in [0.1, 0.15) is 5.75 Å². The first-order chi connectivity index (χ1) is 17.9.